The van der Waals surface area contributed by atoms with Gasteiger partial charge in [0.2, 0.25) is 5.91 Å². The number of nitrogens with zero attached hydrogens (tertiary/aromatic N) is 4. The molecule has 0 unspecified atom stereocenters. The van der Waals surface area contributed by atoms with Crippen LogP contribution in [0.1, 0.15) is 86.6 Å². The summed E-state index contributed by atoms with van der Waals surface area (Å²) in [5.41, 5.74) is -0.800. The van der Waals surface area contributed by atoms with Gasteiger partial charge in [0.05, 0.1) is 48.8 Å². The van der Waals surface area contributed by atoms with Crippen LogP contribution in [0.25, 0.3) is 10.9 Å². The largest absolute Gasteiger partial charge is 0.459 e. The standard InChI is InChI=1S/C41H61N5O11/c1-11-33-41(8,51)34-16-30(43-26(6)47)22(2)17-40(7,53-21-29(20-52-34)45-54-19-27-12-13-28-18-42-44-31(28)15-27)37(24(4)35(48)25(5)38(50)56-33)57-39-36(49)32(46(9)10)14-23(3)55-39/h12-13,15,18,22-25,32-34,36-37,39,49,51H,11,14,16-17,19-21H2,1-10H3,(H,42,44)/b43-30?,45-29-/t22-,23-,24+,25-,32+,33+,34+,36-,37-,39+,40-,41-/m1/s1. The van der Waals surface area contributed by atoms with Crippen LogP contribution in [0, 0.1) is 17.8 Å². The molecule has 0 saturated carbocycles. The van der Waals surface area contributed by atoms with E-state index in [-0.39, 0.29) is 51.2 Å². The van der Waals surface area contributed by atoms with E-state index in [1.54, 1.807) is 27.0 Å². The number of hydrogen-bond donors (Lipinski definition) is 3. The van der Waals surface area contributed by atoms with Crippen molar-refractivity contribution in [3.63, 3.8) is 0 Å². The number of ether oxygens (including phenoxy) is 5. The third kappa shape index (κ3) is 10.3. The molecule has 12 atom stereocenters. The molecular weight excluding hydrogens is 738 g/mol. The third-order valence-corrected chi connectivity index (χ3v) is 11.7. The minimum atomic E-state index is -1.82. The maximum atomic E-state index is 14.4. The zero-order valence-electron chi connectivity index (χ0n) is 34.9. The number of hydrogen-bond acceptors (Lipinski definition) is 14. The predicted molar refractivity (Wildman–Crippen MR) is 210 cm³/mol. The fraction of sp³-hybridized carbons (Fsp3) is 0.707. The van der Waals surface area contributed by atoms with Gasteiger partial charge in [0.1, 0.15) is 36.0 Å². The van der Waals surface area contributed by atoms with E-state index in [0.717, 1.165) is 16.5 Å². The van der Waals surface area contributed by atoms with Crippen molar-refractivity contribution in [1.29, 1.82) is 0 Å². The van der Waals surface area contributed by atoms with Crippen molar-refractivity contribution >= 4 is 40.0 Å². The van der Waals surface area contributed by atoms with E-state index < -0.39 is 77.3 Å². The molecule has 4 heterocycles. The molecule has 1 aromatic heterocycles. The van der Waals surface area contributed by atoms with Crippen LogP contribution in [0.4, 0.5) is 0 Å². The van der Waals surface area contributed by atoms with Gasteiger partial charge in [-0.05, 0) is 78.6 Å². The summed E-state index contributed by atoms with van der Waals surface area (Å²) >= 11 is 0. The molecule has 3 aliphatic rings. The molecule has 2 aromatic rings. The number of carbonyl (C=O) groups excluding carboxylic acids is 3. The molecule has 2 bridgehead atoms. The molecule has 16 heteroatoms. The number of Topliss-reactive ketones (excluding diaryl/α,β-unsaturated/α-hetero) is 1. The number of aromatic nitrogens is 2. The lowest BCUT2D eigenvalue weighted by Crippen LogP contribution is -2.59. The molecular formula is C41H61N5O11. The first kappa shape index (κ1) is 44.5. The Labute approximate surface area is 334 Å². The number of aliphatic hydroxyl groups excluding tert-OH is 1. The van der Waals surface area contributed by atoms with Crippen LogP contribution in [0.15, 0.2) is 34.5 Å². The fourth-order valence-corrected chi connectivity index (χ4v) is 8.29. The van der Waals surface area contributed by atoms with Gasteiger partial charge in [0.15, 0.2) is 12.1 Å². The molecule has 3 aliphatic heterocycles. The highest BCUT2D eigenvalue weighted by atomic mass is 16.7. The first-order valence-corrected chi connectivity index (χ1v) is 19.9. The summed E-state index contributed by atoms with van der Waals surface area (Å²) in [6.07, 6.45) is -3.26. The number of nitrogens with one attached hydrogen (secondary N) is 1. The summed E-state index contributed by atoms with van der Waals surface area (Å²) in [5.74, 6) is -4.53. The summed E-state index contributed by atoms with van der Waals surface area (Å²) in [6, 6.07) is 5.42. The molecule has 1 amide bonds. The fourth-order valence-electron chi connectivity index (χ4n) is 8.29. The lowest BCUT2D eigenvalue weighted by atomic mass is 9.76. The summed E-state index contributed by atoms with van der Waals surface area (Å²) in [6.45, 7) is 13.0. The monoisotopic (exact) mass is 799 g/mol. The molecule has 16 nitrogen and oxygen atoms in total. The van der Waals surface area contributed by atoms with Crippen LogP contribution in [0.2, 0.25) is 0 Å². The minimum absolute atomic E-state index is 0.0156. The van der Waals surface area contributed by atoms with E-state index in [1.165, 1.54) is 20.8 Å². The van der Waals surface area contributed by atoms with Gasteiger partial charge >= 0.3 is 5.97 Å². The van der Waals surface area contributed by atoms with E-state index in [9.17, 15) is 24.6 Å². The summed E-state index contributed by atoms with van der Waals surface area (Å²) in [5, 5.41) is 36.3. The smallest absolute Gasteiger partial charge is 0.316 e. The van der Waals surface area contributed by atoms with Crippen molar-refractivity contribution in [2.75, 3.05) is 27.3 Å². The van der Waals surface area contributed by atoms with Crippen molar-refractivity contribution in [3.05, 3.63) is 30.0 Å². The minimum Gasteiger partial charge on any atom is -0.459 e. The Morgan fingerprint density at radius 3 is 2.56 bits per heavy atom. The third-order valence-electron chi connectivity index (χ3n) is 11.7. The highest BCUT2D eigenvalue weighted by Gasteiger charge is 2.51. The van der Waals surface area contributed by atoms with Crippen LogP contribution in [0.5, 0.6) is 0 Å². The van der Waals surface area contributed by atoms with Crippen molar-refractivity contribution in [1.82, 2.24) is 15.1 Å². The number of esters is 1. The molecule has 1 aromatic carbocycles. The first-order chi connectivity index (χ1) is 26.8. The number of oxime groups is 1. The summed E-state index contributed by atoms with van der Waals surface area (Å²) in [7, 11) is 3.73. The number of H-pyrrole nitrogens is 1. The normalized spacial score (nSPS) is 37.8. The van der Waals surface area contributed by atoms with Crippen LogP contribution in [-0.2, 0) is 49.5 Å². The average Bonchev–Trinajstić information content (AvgIpc) is 3.62. The zero-order valence-corrected chi connectivity index (χ0v) is 34.9. The van der Waals surface area contributed by atoms with Gasteiger partial charge in [-0.1, -0.05) is 38.1 Å². The Bertz CT molecular complexity index is 1790. The quantitative estimate of drug-likeness (QED) is 0.208. The number of likely N-dealkylation sites (N-methyl/N-ethyl adjacent to an activating group) is 1. The number of amides is 1. The topological polar surface area (TPSA) is 204 Å². The highest BCUT2D eigenvalue weighted by Crippen LogP contribution is 2.39. The number of aliphatic imine (C=N–C) groups is 1. The van der Waals surface area contributed by atoms with Gasteiger partial charge in [-0.3, -0.25) is 19.5 Å². The second-order valence-electron chi connectivity index (χ2n) is 16.7. The van der Waals surface area contributed by atoms with Crippen molar-refractivity contribution in [2.45, 2.75) is 142 Å². The molecule has 3 fully saturated rings. The zero-order chi connectivity index (χ0) is 41.8. The molecule has 0 aliphatic carbocycles. The van der Waals surface area contributed by atoms with Gasteiger partial charge in [-0.2, -0.15) is 5.10 Å². The summed E-state index contributed by atoms with van der Waals surface area (Å²) < 4.78 is 32.2. The Hall–Kier alpha value is -3.64. The molecule has 0 spiro atoms. The molecule has 3 N–H and O–H groups in total. The van der Waals surface area contributed by atoms with Gasteiger partial charge in [0.25, 0.3) is 0 Å². The molecule has 3 saturated heterocycles. The molecule has 5 rings (SSSR count). The Kier molecular flexibility index (Phi) is 14.4. The first-order valence-electron chi connectivity index (χ1n) is 19.9. The number of ketones is 1. The van der Waals surface area contributed by atoms with Crippen molar-refractivity contribution < 1.29 is 53.1 Å². The number of benzene rings is 1. The van der Waals surface area contributed by atoms with E-state index >= 15 is 0 Å². The van der Waals surface area contributed by atoms with Gasteiger partial charge in [-0.15, -0.1) is 0 Å². The Balaban J connectivity index is 1.63. The maximum absolute atomic E-state index is 14.4. The number of fused-ring (bicyclic) bond motifs is 6. The number of rotatable bonds is 7. The number of aromatic amines is 1. The van der Waals surface area contributed by atoms with E-state index in [0.29, 0.717) is 17.8 Å². The molecule has 0 radical (unpaired) electrons. The number of carbonyl (C=O) groups is 3. The molecule has 57 heavy (non-hydrogen) atoms. The van der Waals surface area contributed by atoms with Crippen LogP contribution >= 0.6 is 0 Å². The summed E-state index contributed by atoms with van der Waals surface area (Å²) in [4.78, 5) is 53.1. The molecule has 316 valence electrons. The Morgan fingerprint density at radius 1 is 1.14 bits per heavy atom. The van der Waals surface area contributed by atoms with Crippen molar-refractivity contribution in [3.8, 4) is 0 Å². The van der Waals surface area contributed by atoms with Crippen LogP contribution in [0.3, 0.4) is 0 Å². The van der Waals surface area contributed by atoms with Gasteiger partial charge in [0, 0.05) is 36.4 Å². The predicted octanol–water partition coefficient (Wildman–Crippen LogP) is 3.75. The average molecular weight is 800 g/mol. The van der Waals surface area contributed by atoms with E-state index in [2.05, 4.69) is 20.3 Å². The van der Waals surface area contributed by atoms with Crippen molar-refractivity contribution in [2.24, 2.45) is 27.9 Å². The number of cyclic esters (lactones) is 1. The number of aliphatic hydroxyl groups is 2. The SMILES string of the molecule is CC[C@@H]1OC(=O)[C@H](C)C(=O)[C@H](C)[C@@H](O[C@@H]2O[C@H](C)C[C@H](N(C)C)[C@H]2O)[C@@]2(C)C[C@@H](C)C(=NC(C)=O)C[C@H](OC/C(=N/OCc3ccc4cn[nH]c4c3)CO2)[C@]1(C)O. The highest BCUT2D eigenvalue weighted by molar-refractivity contribution is 6.00. The second kappa shape index (κ2) is 18.5. The Morgan fingerprint density at radius 2 is 1.88 bits per heavy atom. The maximum Gasteiger partial charge on any atom is 0.316 e. The van der Waals surface area contributed by atoms with E-state index in [1.807, 2.05) is 51.0 Å². The van der Waals surface area contributed by atoms with Gasteiger partial charge in [-0.25, -0.2) is 4.99 Å². The van der Waals surface area contributed by atoms with Crippen LogP contribution < -0.4 is 0 Å². The lowest BCUT2D eigenvalue weighted by Gasteiger charge is -2.47. The lowest BCUT2D eigenvalue weighted by molar-refractivity contribution is -0.296. The van der Waals surface area contributed by atoms with Gasteiger partial charge < -0.3 is 43.6 Å². The van der Waals surface area contributed by atoms with E-state index in [4.69, 9.17) is 28.5 Å². The second-order valence-corrected chi connectivity index (χ2v) is 16.7. The van der Waals surface area contributed by atoms with Crippen LogP contribution in [-0.4, -0.2) is 136 Å².